The number of carbonyl (C=O) groups excluding carboxylic acids is 2. The zero-order chi connectivity index (χ0) is 15.2. The Bertz CT molecular complexity index is 443. The van der Waals surface area contributed by atoms with E-state index in [1.807, 2.05) is 51.1 Å². The first kappa shape index (κ1) is 16.4. The van der Waals surface area contributed by atoms with Gasteiger partial charge in [0.1, 0.15) is 11.4 Å². The molecule has 1 rings (SSSR count). The Kier molecular flexibility index (Phi) is 5.93. The van der Waals surface area contributed by atoms with Crippen LogP contribution in [0.2, 0.25) is 0 Å². The second kappa shape index (κ2) is 7.22. The standard InChI is InChI=1S/C17H24O3/c1-13(18)15(12-16(19)20-17(2,3)4)11-10-14-8-6-5-7-9-14/h5-9,15H,10-12H2,1-4H3/t15-/m0/s1. The van der Waals surface area contributed by atoms with E-state index in [-0.39, 0.29) is 24.1 Å². The molecule has 0 unspecified atom stereocenters. The van der Waals surface area contributed by atoms with Gasteiger partial charge in [0.2, 0.25) is 0 Å². The Labute approximate surface area is 121 Å². The van der Waals surface area contributed by atoms with Crippen LogP contribution in [0.4, 0.5) is 0 Å². The molecule has 1 aromatic carbocycles. The van der Waals surface area contributed by atoms with E-state index in [9.17, 15) is 9.59 Å². The summed E-state index contributed by atoms with van der Waals surface area (Å²) in [5.41, 5.74) is 0.681. The molecule has 3 heteroatoms. The summed E-state index contributed by atoms with van der Waals surface area (Å²) < 4.78 is 5.28. The summed E-state index contributed by atoms with van der Waals surface area (Å²) in [4.78, 5) is 23.5. The number of rotatable bonds is 6. The van der Waals surface area contributed by atoms with Crippen molar-refractivity contribution in [3.8, 4) is 0 Å². The van der Waals surface area contributed by atoms with Crippen LogP contribution in [-0.4, -0.2) is 17.4 Å². The lowest BCUT2D eigenvalue weighted by atomic mass is 9.93. The fourth-order valence-corrected chi connectivity index (χ4v) is 2.02. The SMILES string of the molecule is CC(=O)[C@@H](CCc1ccccc1)CC(=O)OC(C)(C)C. The van der Waals surface area contributed by atoms with Gasteiger partial charge in [0.05, 0.1) is 6.42 Å². The molecule has 0 aliphatic rings. The summed E-state index contributed by atoms with van der Waals surface area (Å²) in [6.45, 7) is 7.03. The number of aryl methyl sites for hydroxylation is 1. The highest BCUT2D eigenvalue weighted by molar-refractivity contribution is 5.83. The van der Waals surface area contributed by atoms with Crippen LogP contribution in [0.3, 0.4) is 0 Å². The van der Waals surface area contributed by atoms with E-state index in [4.69, 9.17) is 4.74 Å². The summed E-state index contributed by atoms with van der Waals surface area (Å²) in [5, 5.41) is 0. The maximum Gasteiger partial charge on any atom is 0.307 e. The van der Waals surface area contributed by atoms with Crippen molar-refractivity contribution in [2.75, 3.05) is 0 Å². The predicted octanol–water partition coefficient (Wildman–Crippen LogP) is 3.56. The van der Waals surface area contributed by atoms with Gasteiger partial charge in [-0.15, -0.1) is 0 Å². The number of ether oxygens (including phenoxy) is 1. The molecule has 20 heavy (non-hydrogen) atoms. The molecular formula is C17H24O3. The van der Waals surface area contributed by atoms with E-state index < -0.39 is 5.60 Å². The van der Waals surface area contributed by atoms with Crippen molar-refractivity contribution in [2.45, 2.75) is 52.6 Å². The molecule has 0 saturated heterocycles. The minimum absolute atomic E-state index is 0.0480. The van der Waals surface area contributed by atoms with Crippen molar-refractivity contribution >= 4 is 11.8 Å². The van der Waals surface area contributed by atoms with Gasteiger partial charge in [-0.2, -0.15) is 0 Å². The smallest absolute Gasteiger partial charge is 0.307 e. The molecule has 0 aliphatic carbocycles. The van der Waals surface area contributed by atoms with Crippen LogP contribution >= 0.6 is 0 Å². The Hall–Kier alpha value is -1.64. The molecule has 0 N–H and O–H groups in total. The van der Waals surface area contributed by atoms with E-state index in [1.54, 1.807) is 6.92 Å². The molecule has 0 aliphatic heterocycles. The normalized spacial score (nSPS) is 12.8. The molecule has 3 nitrogen and oxygen atoms in total. The monoisotopic (exact) mass is 276 g/mol. The lowest BCUT2D eigenvalue weighted by Gasteiger charge is -2.21. The number of benzene rings is 1. The Balaban J connectivity index is 2.53. The minimum atomic E-state index is -0.502. The summed E-state index contributed by atoms with van der Waals surface area (Å²) in [7, 11) is 0. The summed E-state index contributed by atoms with van der Waals surface area (Å²) in [6, 6.07) is 9.99. The molecule has 0 radical (unpaired) electrons. The molecule has 0 aromatic heterocycles. The van der Waals surface area contributed by atoms with Gasteiger partial charge in [-0.1, -0.05) is 30.3 Å². The molecule has 0 saturated carbocycles. The van der Waals surface area contributed by atoms with Crippen LogP contribution in [0, 0.1) is 5.92 Å². The maximum atomic E-state index is 11.8. The van der Waals surface area contributed by atoms with Crippen LogP contribution in [0.25, 0.3) is 0 Å². The van der Waals surface area contributed by atoms with Crippen molar-refractivity contribution in [2.24, 2.45) is 5.92 Å². The van der Waals surface area contributed by atoms with Crippen molar-refractivity contribution in [3.05, 3.63) is 35.9 Å². The first-order chi connectivity index (χ1) is 9.28. The van der Waals surface area contributed by atoms with Gasteiger partial charge in [0, 0.05) is 5.92 Å². The van der Waals surface area contributed by atoms with Crippen molar-refractivity contribution < 1.29 is 14.3 Å². The van der Waals surface area contributed by atoms with Crippen molar-refractivity contribution in [1.29, 1.82) is 0 Å². The van der Waals surface area contributed by atoms with Crippen molar-refractivity contribution in [3.63, 3.8) is 0 Å². The predicted molar refractivity (Wildman–Crippen MR) is 79.4 cm³/mol. The van der Waals surface area contributed by atoms with Crippen LogP contribution in [0.15, 0.2) is 30.3 Å². The van der Waals surface area contributed by atoms with Gasteiger partial charge in [0.15, 0.2) is 0 Å². The average Bonchev–Trinajstić information content (AvgIpc) is 2.33. The van der Waals surface area contributed by atoms with Gasteiger partial charge >= 0.3 is 5.97 Å². The second-order valence-corrected chi connectivity index (χ2v) is 6.12. The average molecular weight is 276 g/mol. The van der Waals surface area contributed by atoms with Gasteiger partial charge in [-0.05, 0) is 46.1 Å². The summed E-state index contributed by atoms with van der Waals surface area (Å²) in [5.74, 6) is -0.511. The number of carbonyl (C=O) groups is 2. The highest BCUT2D eigenvalue weighted by Crippen LogP contribution is 2.17. The number of hydrogen-bond donors (Lipinski definition) is 0. The third-order valence-electron chi connectivity index (χ3n) is 3.03. The van der Waals surface area contributed by atoms with E-state index >= 15 is 0 Å². The van der Waals surface area contributed by atoms with Gasteiger partial charge < -0.3 is 4.74 Å². The summed E-state index contributed by atoms with van der Waals surface area (Å²) in [6.07, 6.45) is 1.64. The van der Waals surface area contributed by atoms with Crippen LogP contribution in [0.1, 0.15) is 46.1 Å². The molecule has 0 spiro atoms. The zero-order valence-electron chi connectivity index (χ0n) is 12.8. The number of hydrogen-bond acceptors (Lipinski definition) is 3. The van der Waals surface area contributed by atoms with E-state index in [0.29, 0.717) is 6.42 Å². The Morgan fingerprint density at radius 1 is 1.15 bits per heavy atom. The minimum Gasteiger partial charge on any atom is -0.460 e. The van der Waals surface area contributed by atoms with Crippen LogP contribution in [0.5, 0.6) is 0 Å². The van der Waals surface area contributed by atoms with Gasteiger partial charge in [-0.25, -0.2) is 0 Å². The first-order valence-corrected chi connectivity index (χ1v) is 7.04. The number of ketones is 1. The maximum absolute atomic E-state index is 11.8. The lowest BCUT2D eigenvalue weighted by Crippen LogP contribution is -2.27. The summed E-state index contributed by atoms with van der Waals surface area (Å²) >= 11 is 0. The number of Topliss-reactive ketones (excluding diaryl/α,β-unsaturated/α-hetero) is 1. The Morgan fingerprint density at radius 2 is 1.75 bits per heavy atom. The lowest BCUT2D eigenvalue weighted by molar-refractivity contribution is -0.157. The molecular weight excluding hydrogens is 252 g/mol. The van der Waals surface area contributed by atoms with E-state index in [2.05, 4.69) is 0 Å². The highest BCUT2D eigenvalue weighted by Gasteiger charge is 2.23. The van der Waals surface area contributed by atoms with Crippen LogP contribution < -0.4 is 0 Å². The second-order valence-electron chi connectivity index (χ2n) is 6.12. The van der Waals surface area contributed by atoms with Gasteiger partial charge in [0.25, 0.3) is 0 Å². The van der Waals surface area contributed by atoms with Crippen LogP contribution in [-0.2, 0) is 20.7 Å². The third kappa shape index (κ3) is 6.50. The fourth-order valence-electron chi connectivity index (χ4n) is 2.02. The quantitative estimate of drug-likeness (QED) is 0.746. The van der Waals surface area contributed by atoms with Gasteiger partial charge in [-0.3, -0.25) is 9.59 Å². The molecule has 1 atom stereocenters. The third-order valence-corrected chi connectivity index (χ3v) is 3.03. The Morgan fingerprint density at radius 3 is 2.25 bits per heavy atom. The highest BCUT2D eigenvalue weighted by atomic mass is 16.6. The van der Waals surface area contributed by atoms with E-state index in [0.717, 1.165) is 6.42 Å². The largest absolute Gasteiger partial charge is 0.460 e. The fraction of sp³-hybridized carbons (Fsp3) is 0.529. The molecule has 0 fully saturated rings. The molecule has 0 heterocycles. The molecule has 0 amide bonds. The molecule has 1 aromatic rings. The van der Waals surface area contributed by atoms with Crippen molar-refractivity contribution in [1.82, 2.24) is 0 Å². The van der Waals surface area contributed by atoms with E-state index in [1.165, 1.54) is 5.56 Å². The molecule has 0 bridgehead atoms. The number of esters is 1. The topological polar surface area (TPSA) is 43.4 Å². The first-order valence-electron chi connectivity index (χ1n) is 7.04. The zero-order valence-corrected chi connectivity index (χ0v) is 12.8. The molecule has 110 valence electrons.